The van der Waals surface area contributed by atoms with Gasteiger partial charge in [0.25, 0.3) is 0 Å². The molecule has 1 aromatic heterocycles. The molecule has 1 heterocycles. The molecule has 0 amide bonds. The summed E-state index contributed by atoms with van der Waals surface area (Å²) in [7, 11) is 0. The Balaban J connectivity index is 2.30. The van der Waals surface area contributed by atoms with E-state index in [0.29, 0.717) is 10.6 Å². The topological polar surface area (TPSA) is 30.0 Å². The van der Waals surface area contributed by atoms with Crippen LogP contribution in [0.4, 0.5) is 0 Å². The third kappa shape index (κ3) is 2.61. The predicted octanol–water partition coefficient (Wildman–Crippen LogP) is 3.67. The summed E-state index contributed by atoms with van der Waals surface area (Å²) in [6.07, 6.45) is 1.81. The fourth-order valence-corrected chi connectivity index (χ4v) is 2.37. The van der Waals surface area contributed by atoms with E-state index in [1.54, 1.807) is 6.20 Å². The van der Waals surface area contributed by atoms with Crippen molar-refractivity contribution in [3.05, 3.63) is 52.0 Å². The van der Waals surface area contributed by atoms with Crippen LogP contribution in [0.5, 0.6) is 0 Å². The quantitative estimate of drug-likeness (QED) is 0.756. The molecule has 88 valence electrons. The number of ketones is 1. The number of nitrogens with zero attached hydrogens (tertiary/aromatic N) is 1. The first-order chi connectivity index (χ1) is 7.98. The summed E-state index contributed by atoms with van der Waals surface area (Å²) in [5.74, 6) is 0.00565. The molecule has 0 atom stereocenters. The average molecular weight is 245 g/mol. The van der Waals surface area contributed by atoms with Crippen molar-refractivity contribution in [2.24, 2.45) is 0 Å². The van der Waals surface area contributed by atoms with Crippen LogP contribution in [0.25, 0.3) is 0 Å². The van der Waals surface area contributed by atoms with Crippen LogP contribution < -0.4 is 0 Å². The minimum Gasteiger partial charge on any atom is -0.286 e. The van der Waals surface area contributed by atoms with E-state index < -0.39 is 0 Å². The van der Waals surface area contributed by atoms with Gasteiger partial charge in [0.15, 0.2) is 5.01 Å². The van der Waals surface area contributed by atoms with Gasteiger partial charge >= 0.3 is 0 Å². The zero-order chi connectivity index (χ0) is 12.5. The Kier molecular flexibility index (Phi) is 3.11. The van der Waals surface area contributed by atoms with Crippen molar-refractivity contribution >= 4 is 17.1 Å². The van der Waals surface area contributed by atoms with Gasteiger partial charge in [0.2, 0.25) is 5.78 Å². The fourth-order valence-electron chi connectivity index (χ4n) is 1.44. The maximum atomic E-state index is 12.1. The van der Waals surface area contributed by atoms with Crippen molar-refractivity contribution in [2.45, 2.75) is 26.2 Å². The first kappa shape index (κ1) is 12.0. The van der Waals surface area contributed by atoms with E-state index in [0.717, 1.165) is 4.88 Å². The maximum Gasteiger partial charge on any atom is 0.221 e. The molecule has 0 spiro atoms. The number of thiazole rings is 1. The first-order valence-electron chi connectivity index (χ1n) is 5.54. The minimum absolute atomic E-state index is 0.00565. The van der Waals surface area contributed by atoms with E-state index in [1.165, 1.54) is 11.3 Å². The van der Waals surface area contributed by atoms with Crippen LogP contribution in [0.3, 0.4) is 0 Å². The van der Waals surface area contributed by atoms with Crippen molar-refractivity contribution in [1.82, 2.24) is 4.98 Å². The van der Waals surface area contributed by atoms with Gasteiger partial charge in [0.05, 0.1) is 0 Å². The molecule has 0 aliphatic heterocycles. The molecule has 2 nitrogen and oxygen atoms in total. The molecule has 0 fully saturated rings. The molecule has 2 aromatic rings. The van der Waals surface area contributed by atoms with E-state index in [1.807, 2.05) is 30.3 Å². The summed E-state index contributed by atoms with van der Waals surface area (Å²) < 4.78 is 0. The normalized spacial score (nSPS) is 11.5. The molecule has 0 aliphatic rings. The van der Waals surface area contributed by atoms with E-state index in [2.05, 4.69) is 25.8 Å². The number of rotatable bonds is 2. The molecule has 1 aromatic carbocycles. The van der Waals surface area contributed by atoms with Gasteiger partial charge in [-0.1, -0.05) is 51.1 Å². The van der Waals surface area contributed by atoms with Gasteiger partial charge in [0.1, 0.15) is 0 Å². The molecule has 0 aliphatic carbocycles. The van der Waals surface area contributed by atoms with Gasteiger partial charge < -0.3 is 0 Å². The third-order valence-electron chi connectivity index (χ3n) is 2.48. The van der Waals surface area contributed by atoms with Gasteiger partial charge in [-0.05, 0) is 5.41 Å². The summed E-state index contributed by atoms with van der Waals surface area (Å²) >= 11 is 1.48. The van der Waals surface area contributed by atoms with E-state index in [9.17, 15) is 4.79 Å². The Morgan fingerprint density at radius 1 is 1.18 bits per heavy atom. The highest BCUT2D eigenvalue weighted by Crippen LogP contribution is 2.28. The summed E-state index contributed by atoms with van der Waals surface area (Å²) in [5, 5.41) is 0.570. The highest BCUT2D eigenvalue weighted by molar-refractivity contribution is 7.13. The molecule has 3 heteroatoms. The molecule has 17 heavy (non-hydrogen) atoms. The molecule has 0 saturated carbocycles. The Hall–Kier alpha value is -1.48. The highest BCUT2D eigenvalue weighted by atomic mass is 32.1. The number of carbonyl (C=O) groups excluding carboxylic acids is 1. The number of hydrogen-bond donors (Lipinski definition) is 0. The predicted molar refractivity (Wildman–Crippen MR) is 70.7 cm³/mol. The molecule has 0 radical (unpaired) electrons. The largest absolute Gasteiger partial charge is 0.286 e. The van der Waals surface area contributed by atoms with Crippen molar-refractivity contribution < 1.29 is 4.79 Å². The summed E-state index contributed by atoms with van der Waals surface area (Å²) in [6.45, 7) is 6.37. The van der Waals surface area contributed by atoms with Crippen molar-refractivity contribution in [3.63, 3.8) is 0 Å². The van der Waals surface area contributed by atoms with Crippen molar-refractivity contribution in [2.75, 3.05) is 0 Å². The molecule has 2 rings (SSSR count). The van der Waals surface area contributed by atoms with Gasteiger partial charge in [-0.2, -0.15) is 0 Å². The summed E-state index contributed by atoms with van der Waals surface area (Å²) in [6, 6.07) is 9.28. The van der Waals surface area contributed by atoms with Crippen LogP contribution in [0.15, 0.2) is 36.5 Å². The van der Waals surface area contributed by atoms with Gasteiger partial charge in [-0.15, -0.1) is 11.3 Å². The van der Waals surface area contributed by atoms with Crippen LogP contribution >= 0.6 is 11.3 Å². The van der Waals surface area contributed by atoms with Crippen LogP contribution in [-0.4, -0.2) is 10.8 Å². The lowest BCUT2D eigenvalue weighted by Crippen LogP contribution is -2.08. The number of aromatic nitrogens is 1. The van der Waals surface area contributed by atoms with Crippen molar-refractivity contribution in [3.8, 4) is 0 Å². The fraction of sp³-hybridized carbons (Fsp3) is 0.286. The smallest absolute Gasteiger partial charge is 0.221 e. The molecule has 0 unspecified atom stereocenters. The molecule has 0 bridgehead atoms. The van der Waals surface area contributed by atoms with Crippen LogP contribution in [0.2, 0.25) is 0 Å². The monoisotopic (exact) mass is 245 g/mol. The molecule has 0 saturated heterocycles. The standard InChI is InChI=1S/C14H15NOS/c1-14(2,3)11-9-15-13(17-11)12(16)10-7-5-4-6-8-10/h4-9H,1-3H3. The second kappa shape index (κ2) is 4.41. The van der Waals surface area contributed by atoms with E-state index in [-0.39, 0.29) is 11.2 Å². The average Bonchev–Trinajstić information content (AvgIpc) is 2.78. The maximum absolute atomic E-state index is 12.1. The lowest BCUT2D eigenvalue weighted by molar-refractivity contribution is 0.103. The van der Waals surface area contributed by atoms with Crippen molar-refractivity contribution in [1.29, 1.82) is 0 Å². The van der Waals surface area contributed by atoms with E-state index in [4.69, 9.17) is 0 Å². The highest BCUT2D eigenvalue weighted by Gasteiger charge is 2.20. The molecular formula is C14H15NOS. The summed E-state index contributed by atoms with van der Waals surface area (Å²) in [4.78, 5) is 17.5. The number of benzene rings is 1. The lowest BCUT2D eigenvalue weighted by Gasteiger charge is -2.14. The Bertz CT molecular complexity index is 523. The van der Waals surface area contributed by atoms with Gasteiger partial charge in [-0.3, -0.25) is 4.79 Å². The van der Waals surface area contributed by atoms with Gasteiger partial charge in [-0.25, -0.2) is 4.98 Å². The number of carbonyl (C=O) groups is 1. The minimum atomic E-state index is 0.00565. The zero-order valence-corrected chi connectivity index (χ0v) is 11.0. The van der Waals surface area contributed by atoms with Crippen LogP contribution in [0.1, 0.15) is 41.0 Å². The SMILES string of the molecule is CC(C)(C)c1cnc(C(=O)c2ccccc2)s1. The number of hydrogen-bond acceptors (Lipinski definition) is 3. The second-order valence-corrected chi connectivity index (χ2v) is 6.01. The first-order valence-corrected chi connectivity index (χ1v) is 6.36. The van der Waals surface area contributed by atoms with E-state index >= 15 is 0 Å². The van der Waals surface area contributed by atoms with Crippen LogP contribution in [-0.2, 0) is 5.41 Å². The Labute approximate surface area is 105 Å². The molecular weight excluding hydrogens is 230 g/mol. The third-order valence-corrected chi connectivity index (χ3v) is 3.90. The second-order valence-electron chi connectivity index (χ2n) is 4.97. The Morgan fingerprint density at radius 3 is 2.35 bits per heavy atom. The van der Waals surface area contributed by atoms with Crippen LogP contribution in [0, 0.1) is 0 Å². The molecule has 0 N–H and O–H groups in total. The summed E-state index contributed by atoms with van der Waals surface area (Å²) in [5.41, 5.74) is 0.745. The Morgan fingerprint density at radius 2 is 1.82 bits per heavy atom. The van der Waals surface area contributed by atoms with Gasteiger partial charge in [0, 0.05) is 16.6 Å². The zero-order valence-electron chi connectivity index (χ0n) is 10.2. The lowest BCUT2D eigenvalue weighted by atomic mass is 9.96.